The molecule has 1 amide bonds. The van der Waals surface area contributed by atoms with Crippen LogP contribution in [0.3, 0.4) is 0 Å². The molecule has 1 aliphatic rings. The van der Waals surface area contributed by atoms with E-state index in [0.717, 1.165) is 30.2 Å². The molecule has 0 spiro atoms. The van der Waals surface area contributed by atoms with Crippen LogP contribution in [0.25, 0.3) is 0 Å². The lowest BCUT2D eigenvalue weighted by Crippen LogP contribution is -2.17. The van der Waals surface area contributed by atoms with E-state index in [4.69, 9.17) is 11.6 Å². The van der Waals surface area contributed by atoms with E-state index in [1.807, 2.05) is 24.3 Å². The van der Waals surface area contributed by atoms with Crippen LogP contribution in [-0.4, -0.2) is 24.0 Å². The first-order valence-electron chi connectivity index (χ1n) is 9.31. The van der Waals surface area contributed by atoms with Crippen LogP contribution >= 0.6 is 11.6 Å². The Morgan fingerprint density at radius 3 is 2.29 bits per heavy atom. The molecule has 1 fully saturated rings. The fraction of sp³-hybridized carbons (Fsp3) is 0.182. The van der Waals surface area contributed by atoms with Crippen molar-refractivity contribution < 1.29 is 4.79 Å². The summed E-state index contributed by atoms with van der Waals surface area (Å²) in [5.41, 5.74) is 4.07. The third kappa shape index (κ3) is 4.43. The van der Waals surface area contributed by atoms with Gasteiger partial charge in [-0.15, -0.1) is 0 Å². The molecule has 3 aromatic rings. The molecule has 2 aromatic carbocycles. The lowest BCUT2D eigenvalue weighted by molar-refractivity contribution is 0.102. The maximum atomic E-state index is 12.6. The fourth-order valence-electron chi connectivity index (χ4n) is 3.27. The molecular formula is C22H21ClN4O. The van der Waals surface area contributed by atoms with Crippen molar-refractivity contribution in [3.05, 3.63) is 77.6 Å². The van der Waals surface area contributed by atoms with E-state index in [9.17, 15) is 4.79 Å². The van der Waals surface area contributed by atoms with Crippen molar-refractivity contribution in [2.75, 3.05) is 28.6 Å². The zero-order chi connectivity index (χ0) is 19.3. The maximum absolute atomic E-state index is 12.6. The number of hydrogen-bond donors (Lipinski definition) is 2. The van der Waals surface area contributed by atoms with Crippen molar-refractivity contribution in [3.63, 3.8) is 0 Å². The fourth-order valence-corrected chi connectivity index (χ4v) is 3.39. The van der Waals surface area contributed by atoms with E-state index in [1.54, 1.807) is 30.6 Å². The lowest BCUT2D eigenvalue weighted by Gasteiger charge is -2.17. The van der Waals surface area contributed by atoms with Crippen molar-refractivity contribution >= 4 is 40.3 Å². The van der Waals surface area contributed by atoms with Crippen LogP contribution in [0.4, 0.5) is 22.7 Å². The highest BCUT2D eigenvalue weighted by Crippen LogP contribution is 2.23. The van der Waals surface area contributed by atoms with Gasteiger partial charge in [0.2, 0.25) is 0 Å². The molecular weight excluding hydrogens is 372 g/mol. The zero-order valence-corrected chi connectivity index (χ0v) is 16.1. The second-order valence-corrected chi connectivity index (χ2v) is 7.23. The van der Waals surface area contributed by atoms with Crippen LogP contribution in [0.2, 0.25) is 5.02 Å². The number of carbonyl (C=O) groups excluding carboxylic acids is 1. The molecule has 0 radical (unpaired) electrons. The molecule has 1 saturated heterocycles. The van der Waals surface area contributed by atoms with Gasteiger partial charge in [-0.25, -0.2) is 0 Å². The molecule has 6 heteroatoms. The minimum atomic E-state index is -0.193. The second kappa shape index (κ2) is 8.31. The predicted octanol–water partition coefficient (Wildman–Crippen LogP) is 5.33. The summed E-state index contributed by atoms with van der Waals surface area (Å²) in [4.78, 5) is 19.1. The Labute approximate surface area is 169 Å². The molecule has 28 heavy (non-hydrogen) atoms. The Bertz CT molecular complexity index is 951. The number of amides is 1. The topological polar surface area (TPSA) is 57.3 Å². The van der Waals surface area contributed by atoms with Gasteiger partial charge in [0.25, 0.3) is 5.91 Å². The van der Waals surface area contributed by atoms with E-state index in [-0.39, 0.29) is 5.91 Å². The van der Waals surface area contributed by atoms with Crippen molar-refractivity contribution in [1.29, 1.82) is 0 Å². The minimum absolute atomic E-state index is 0.193. The molecule has 0 atom stereocenters. The Morgan fingerprint density at radius 1 is 0.893 bits per heavy atom. The van der Waals surface area contributed by atoms with Gasteiger partial charge in [-0.1, -0.05) is 11.6 Å². The normalized spacial score (nSPS) is 13.4. The highest BCUT2D eigenvalue weighted by Gasteiger charge is 2.13. The van der Waals surface area contributed by atoms with E-state index in [0.29, 0.717) is 10.6 Å². The number of hydrogen-bond acceptors (Lipinski definition) is 4. The van der Waals surface area contributed by atoms with Gasteiger partial charge in [-0.05, 0) is 67.4 Å². The quantitative estimate of drug-likeness (QED) is 0.616. The molecule has 5 nitrogen and oxygen atoms in total. The van der Waals surface area contributed by atoms with Gasteiger partial charge in [0.15, 0.2) is 0 Å². The Morgan fingerprint density at radius 2 is 1.57 bits per heavy atom. The monoisotopic (exact) mass is 392 g/mol. The van der Waals surface area contributed by atoms with Crippen molar-refractivity contribution in [2.45, 2.75) is 12.8 Å². The summed E-state index contributed by atoms with van der Waals surface area (Å²) in [5, 5.41) is 6.83. The summed E-state index contributed by atoms with van der Waals surface area (Å²) in [6, 6.07) is 17.1. The number of halogens is 1. The third-order valence-electron chi connectivity index (χ3n) is 4.73. The van der Waals surface area contributed by atoms with Crippen LogP contribution in [0.15, 0.2) is 67.0 Å². The molecule has 2 heterocycles. The molecule has 1 aromatic heterocycles. The first-order chi connectivity index (χ1) is 13.7. The van der Waals surface area contributed by atoms with Crippen LogP contribution in [0, 0.1) is 0 Å². The summed E-state index contributed by atoms with van der Waals surface area (Å²) in [7, 11) is 0. The third-order valence-corrected chi connectivity index (χ3v) is 4.98. The Hall–Kier alpha value is -3.05. The van der Waals surface area contributed by atoms with Gasteiger partial charge < -0.3 is 15.5 Å². The average Bonchev–Trinajstić information content (AvgIpc) is 3.25. The minimum Gasteiger partial charge on any atom is -0.372 e. The van der Waals surface area contributed by atoms with Crippen LogP contribution in [0.1, 0.15) is 23.2 Å². The van der Waals surface area contributed by atoms with Crippen molar-refractivity contribution in [1.82, 2.24) is 4.98 Å². The average molecular weight is 393 g/mol. The van der Waals surface area contributed by atoms with Crippen LogP contribution < -0.4 is 15.5 Å². The van der Waals surface area contributed by atoms with Gasteiger partial charge in [-0.3, -0.25) is 9.78 Å². The number of nitrogens with zero attached hydrogens (tertiary/aromatic N) is 2. The first-order valence-corrected chi connectivity index (χ1v) is 9.69. The van der Waals surface area contributed by atoms with E-state index >= 15 is 0 Å². The molecule has 1 aliphatic heterocycles. The highest BCUT2D eigenvalue weighted by molar-refractivity contribution is 6.30. The molecule has 0 saturated carbocycles. The number of aromatic nitrogens is 1. The number of rotatable bonds is 5. The number of pyridine rings is 1. The second-order valence-electron chi connectivity index (χ2n) is 6.79. The SMILES string of the molecule is O=C(Nc1ccc(N2CCCC2)cc1)c1cncc(Nc2ccc(Cl)cc2)c1. The van der Waals surface area contributed by atoms with Gasteiger partial charge in [-0.2, -0.15) is 0 Å². The number of nitrogens with one attached hydrogen (secondary N) is 2. The number of benzene rings is 2. The van der Waals surface area contributed by atoms with Crippen molar-refractivity contribution in [3.8, 4) is 0 Å². The summed E-state index contributed by atoms with van der Waals surface area (Å²) < 4.78 is 0. The summed E-state index contributed by atoms with van der Waals surface area (Å²) in [5.74, 6) is -0.193. The summed E-state index contributed by atoms with van der Waals surface area (Å²) in [6.07, 6.45) is 5.72. The summed E-state index contributed by atoms with van der Waals surface area (Å²) in [6.45, 7) is 2.20. The van der Waals surface area contributed by atoms with E-state index in [2.05, 4.69) is 32.7 Å². The standard InChI is InChI=1S/C22H21ClN4O/c23-17-3-5-18(6-4-17)25-20-13-16(14-24-15-20)22(28)26-19-7-9-21(10-8-19)27-11-1-2-12-27/h3-10,13-15,25H,1-2,11-12H2,(H,26,28). The smallest absolute Gasteiger partial charge is 0.257 e. The summed E-state index contributed by atoms with van der Waals surface area (Å²) >= 11 is 5.91. The number of carbonyl (C=O) groups is 1. The Kier molecular flexibility index (Phi) is 5.44. The van der Waals surface area contributed by atoms with E-state index < -0.39 is 0 Å². The Balaban J connectivity index is 1.42. The molecule has 0 unspecified atom stereocenters. The molecule has 0 aliphatic carbocycles. The van der Waals surface area contributed by atoms with E-state index in [1.165, 1.54) is 18.5 Å². The lowest BCUT2D eigenvalue weighted by atomic mass is 10.2. The largest absolute Gasteiger partial charge is 0.372 e. The van der Waals surface area contributed by atoms with Crippen LogP contribution in [-0.2, 0) is 0 Å². The molecule has 2 N–H and O–H groups in total. The van der Waals surface area contributed by atoms with Gasteiger partial charge in [0.1, 0.15) is 0 Å². The maximum Gasteiger partial charge on any atom is 0.257 e. The molecule has 4 rings (SSSR count). The first kappa shape index (κ1) is 18.3. The van der Waals surface area contributed by atoms with Crippen LogP contribution in [0.5, 0.6) is 0 Å². The molecule has 0 bridgehead atoms. The van der Waals surface area contributed by atoms with Gasteiger partial charge in [0, 0.05) is 41.4 Å². The zero-order valence-electron chi connectivity index (χ0n) is 15.4. The highest BCUT2D eigenvalue weighted by atomic mass is 35.5. The number of anilines is 4. The van der Waals surface area contributed by atoms with Crippen molar-refractivity contribution in [2.24, 2.45) is 0 Å². The predicted molar refractivity (Wildman–Crippen MR) is 115 cm³/mol. The molecule has 142 valence electrons. The van der Waals surface area contributed by atoms with Gasteiger partial charge in [0.05, 0.1) is 17.4 Å². The van der Waals surface area contributed by atoms with Gasteiger partial charge >= 0.3 is 0 Å².